The second kappa shape index (κ2) is 5.64. The van der Waals surface area contributed by atoms with Crippen molar-refractivity contribution in [3.8, 4) is 6.07 Å². The lowest BCUT2D eigenvalue weighted by atomic mass is 9.85. The topological polar surface area (TPSA) is 50.1 Å². The average Bonchev–Trinajstić information content (AvgIpc) is 2.78. The molecule has 0 spiro atoms. The highest BCUT2D eigenvalue weighted by Crippen LogP contribution is 2.29. The maximum absolute atomic E-state index is 12.4. The monoisotopic (exact) mass is 307 g/mol. The van der Waals surface area contributed by atoms with E-state index in [-0.39, 0.29) is 17.8 Å². The number of ketones is 1. The Hall–Kier alpha value is -1.18. The molecule has 0 saturated carbocycles. The first kappa shape index (κ1) is 13.3. The fourth-order valence-electron chi connectivity index (χ4n) is 2.28. The van der Waals surface area contributed by atoms with Gasteiger partial charge in [-0.25, -0.2) is 0 Å². The minimum absolute atomic E-state index is 0.0233. The highest BCUT2D eigenvalue weighted by atomic mass is 79.9. The van der Waals surface area contributed by atoms with E-state index in [1.165, 1.54) is 0 Å². The van der Waals surface area contributed by atoms with Crippen molar-refractivity contribution in [3.63, 3.8) is 0 Å². The maximum Gasteiger partial charge on any atom is 0.160 e. The van der Waals surface area contributed by atoms with Gasteiger partial charge in [0.05, 0.1) is 12.2 Å². The number of hydrogen-bond acceptors (Lipinski definition) is 3. The largest absolute Gasteiger partial charge is 0.378 e. The van der Waals surface area contributed by atoms with E-state index in [9.17, 15) is 10.1 Å². The predicted molar refractivity (Wildman–Crippen MR) is 71.0 cm³/mol. The molecule has 1 aliphatic heterocycles. The zero-order chi connectivity index (χ0) is 13.1. The van der Waals surface area contributed by atoms with Crippen LogP contribution in [0.4, 0.5) is 0 Å². The number of nitriles is 1. The first-order valence-electron chi connectivity index (χ1n) is 5.94. The molecule has 1 fully saturated rings. The molecule has 3 nitrogen and oxygen atoms in total. The third kappa shape index (κ3) is 2.63. The Morgan fingerprint density at radius 1 is 1.50 bits per heavy atom. The molecule has 4 heteroatoms. The van der Waals surface area contributed by atoms with Crippen molar-refractivity contribution in [2.75, 3.05) is 6.61 Å². The second-order valence-corrected chi connectivity index (χ2v) is 5.40. The standard InChI is InChI=1S/C14H14BrNO2/c1-9-12(6-7-18-9)14(17)13(8-16)10-2-4-11(15)5-3-10/h2-5,9,12-13H,6-7H2,1H3. The van der Waals surface area contributed by atoms with Crippen molar-refractivity contribution in [2.45, 2.75) is 25.4 Å². The molecule has 1 aromatic carbocycles. The summed E-state index contributed by atoms with van der Waals surface area (Å²) in [6.45, 7) is 2.50. The van der Waals surface area contributed by atoms with Gasteiger partial charge < -0.3 is 4.74 Å². The van der Waals surface area contributed by atoms with E-state index in [1.54, 1.807) is 0 Å². The maximum atomic E-state index is 12.4. The average molecular weight is 308 g/mol. The van der Waals surface area contributed by atoms with Crippen molar-refractivity contribution in [2.24, 2.45) is 5.92 Å². The van der Waals surface area contributed by atoms with Crippen molar-refractivity contribution < 1.29 is 9.53 Å². The first-order chi connectivity index (χ1) is 8.63. The number of Topliss-reactive ketones (excluding diaryl/α,β-unsaturated/α-hetero) is 1. The van der Waals surface area contributed by atoms with Crippen LogP contribution in [0, 0.1) is 17.2 Å². The lowest BCUT2D eigenvalue weighted by Gasteiger charge is -2.16. The molecule has 1 aromatic rings. The van der Waals surface area contributed by atoms with Crippen LogP contribution < -0.4 is 0 Å². The van der Waals surface area contributed by atoms with Crippen LogP contribution in [0.5, 0.6) is 0 Å². The summed E-state index contributed by atoms with van der Waals surface area (Å²) in [5.41, 5.74) is 0.754. The SMILES string of the molecule is CC1OCCC1C(=O)C(C#N)c1ccc(Br)cc1. The molecule has 1 heterocycles. The lowest BCUT2D eigenvalue weighted by molar-refractivity contribution is -0.124. The molecule has 0 N–H and O–H groups in total. The molecule has 1 aliphatic rings. The Labute approximate surface area is 115 Å². The van der Waals surface area contributed by atoms with E-state index >= 15 is 0 Å². The number of rotatable bonds is 3. The molecule has 2 rings (SSSR count). The van der Waals surface area contributed by atoms with Gasteiger partial charge in [0.2, 0.25) is 0 Å². The Balaban J connectivity index is 2.21. The van der Waals surface area contributed by atoms with Gasteiger partial charge in [-0.3, -0.25) is 4.79 Å². The summed E-state index contributed by atoms with van der Waals surface area (Å²) in [5, 5.41) is 9.24. The Kier molecular flexibility index (Phi) is 4.15. The van der Waals surface area contributed by atoms with Crippen LogP contribution in [0.3, 0.4) is 0 Å². The van der Waals surface area contributed by atoms with Crippen molar-refractivity contribution in [1.82, 2.24) is 0 Å². The van der Waals surface area contributed by atoms with Gasteiger partial charge in [-0.05, 0) is 31.0 Å². The molecule has 94 valence electrons. The lowest BCUT2D eigenvalue weighted by Crippen LogP contribution is -2.26. The van der Waals surface area contributed by atoms with Gasteiger partial charge in [0.15, 0.2) is 5.78 Å². The van der Waals surface area contributed by atoms with E-state index in [0.29, 0.717) is 13.0 Å². The van der Waals surface area contributed by atoms with Gasteiger partial charge in [-0.15, -0.1) is 0 Å². The van der Waals surface area contributed by atoms with E-state index in [0.717, 1.165) is 10.0 Å². The molecule has 1 saturated heterocycles. The van der Waals surface area contributed by atoms with Gasteiger partial charge in [-0.2, -0.15) is 5.26 Å². The molecule has 0 bridgehead atoms. The molecule has 18 heavy (non-hydrogen) atoms. The van der Waals surface area contributed by atoms with Crippen molar-refractivity contribution in [1.29, 1.82) is 5.26 Å². The van der Waals surface area contributed by atoms with Crippen molar-refractivity contribution >= 4 is 21.7 Å². The number of benzene rings is 1. The third-order valence-corrected chi connectivity index (χ3v) is 3.89. The highest BCUT2D eigenvalue weighted by Gasteiger charge is 2.35. The van der Waals surface area contributed by atoms with Crippen LogP contribution >= 0.6 is 15.9 Å². The van der Waals surface area contributed by atoms with Crippen LogP contribution in [0.15, 0.2) is 28.7 Å². The van der Waals surface area contributed by atoms with E-state index < -0.39 is 5.92 Å². The number of halogens is 1. The molecular formula is C14H14BrNO2. The summed E-state index contributed by atoms with van der Waals surface area (Å²) < 4.78 is 6.34. The van der Waals surface area contributed by atoms with E-state index in [4.69, 9.17) is 4.74 Å². The summed E-state index contributed by atoms with van der Waals surface area (Å²) >= 11 is 3.34. The first-order valence-corrected chi connectivity index (χ1v) is 6.73. The summed E-state index contributed by atoms with van der Waals surface area (Å²) in [6, 6.07) is 9.44. The molecule has 0 aliphatic carbocycles. The van der Waals surface area contributed by atoms with Crippen molar-refractivity contribution in [3.05, 3.63) is 34.3 Å². The fraction of sp³-hybridized carbons (Fsp3) is 0.429. The highest BCUT2D eigenvalue weighted by molar-refractivity contribution is 9.10. The van der Waals surface area contributed by atoms with Gasteiger partial charge in [0.25, 0.3) is 0 Å². The van der Waals surface area contributed by atoms with Crippen LogP contribution in [0.1, 0.15) is 24.8 Å². The van der Waals surface area contributed by atoms with Crippen LogP contribution in [-0.2, 0) is 9.53 Å². The van der Waals surface area contributed by atoms with Gasteiger partial charge in [0.1, 0.15) is 5.92 Å². The van der Waals surface area contributed by atoms with E-state index in [2.05, 4.69) is 22.0 Å². The molecule has 0 amide bonds. The number of carbonyl (C=O) groups is 1. The molecule has 3 atom stereocenters. The summed E-state index contributed by atoms with van der Waals surface area (Å²) in [5.74, 6) is -0.865. The Morgan fingerprint density at radius 2 is 2.17 bits per heavy atom. The Morgan fingerprint density at radius 3 is 2.67 bits per heavy atom. The zero-order valence-corrected chi connectivity index (χ0v) is 11.7. The molecular weight excluding hydrogens is 294 g/mol. The van der Waals surface area contributed by atoms with E-state index in [1.807, 2.05) is 31.2 Å². The van der Waals surface area contributed by atoms with Crippen LogP contribution in [0.2, 0.25) is 0 Å². The minimum Gasteiger partial charge on any atom is -0.378 e. The second-order valence-electron chi connectivity index (χ2n) is 4.49. The Bertz CT molecular complexity index is 478. The smallest absolute Gasteiger partial charge is 0.160 e. The van der Waals surface area contributed by atoms with Crippen LogP contribution in [0.25, 0.3) is 0 Å². The summed E-state index contributed by atoms with van der Waals surface area (Å²) in [6.07, 6.45) is 0.637. The zero-order valence-electron chi connectivity index (χ0n) is 10.1. The summed E-state index contributed by atoms with van der Waals surface area (Å²) in [7, 11) is 0. The molecule has 0 aromatic heterocycles. The number of nitrogens with zero attached hydrogens (tertiary/aromatic N) is 1. The minimum atomic E-state index is -0.688. The number of hydrogen-bond donors (Lipinski definition) is 0. The third-order valence-electron chi connectivity index (χ3n) is 3.36. The van der Waals surface area contributed by atoms with Gasteiger partial charge in [0, 0.05) is 17.0 Å². The van der Waals surface area contributed by atoms with Gasteiger partial charge in [-0.1, -0.05) is 28.1 Å². The van der Waals surface area contributed by atoms with Crippen LogP contribution in [-0.4, -0.2) is 18.5 Å². The normalized spacial score (nSPS) is 24.5. The van der Waals surface area contributed by atoms with Gasteiger partial charge >= 0.3 is 0 Å². The number of ether oxygens (including phenoxy) is 1. The quantitative estimate of drug-likeness (QED) is 0.862. The fourth-order valence-corrected chi connectivity index (χ4v) is 2.54. The predicted octanol–water partition coefficient (Wildman–Crippen LogP) is 3.05. The molecule has 3 unspecified atom stereocenters. The number of carbonyl (C=O) groups excluding carboxylic acids is 1. The summed E-state index contributed by atoms with van der Waals surface area (Å²) in [4.78, 5) is 12.4. The molecule has 0 radical (unpaired) electrons.